The smallest absolute Gasteiger partial charge is 0.265 e. The lowest BCUT2D eigenvalue weighted by molar-refractivity contribution is 0.0913. The van der Waals surface area contributed by atoms with Gasteiger partial charge in [0.05, 0.1) is 11.9 Å². The summed E-state index contributed by atoms with van der Waals surface area (Å²) in [4.78, 5) is 12.7. The van der Waals surface area contributed by atoms with Crippen molar-refractivity contribution in [1.29, 1.82) is 0 Å². The van der Waals surface area contributed by atoms with E-state index >= 15 is 0 Å². The van der Waals surface area contributed by atoms with E-state index in [0.717, 1.165) is 24.4 Å². The number of sulfonamides is 1. The van der Waals surface area contributed by atoms with Crippen molar-refractivity contribution in [3.63, 3.8) is 0 Å². The van der Waals surface area contributed by atoms with E-state index in [4.69, 9.17) is 0 Å². The molecule has 21 heavy (non-hydrogen) atoms. The zero-order chi connectivity index (χ0) is 15.2. The summed E-state index contributed by atoms with van der Waals surface area (Å²) >= 11 is 1.09. The van der Waals surface area contributed by atoms with Crippen LogP contribution in [-0.4, -0.2) is 52.6 Å². The summed E-state index contributed by atoms with van der Waals surface area (Å²) in [7, 11) is -3.16. The number of amides is 1. The number of fused-ring (bicyclic) bond motifs is 2. The minimum atomic E-state index is -3.16. The molecule has 2 aliphatic heterocycles. The van der Waals surface area contributed by atoms with Crippen molar-refractivity contribution in [3.8, 4) is 0 Å². The van der Waals surface area contributed by atoms with Crippen molar-refractivity contribution in [2.75, 3.05) is 6.26 Å². The van der Waals surface area contributed by atoms with Crippen molar-refractivity contribution >= 4 is 27.5 Å². The second-order valence-electron chi connectivity index (χ2n) is 5.81. The van der Waals surface area contributed by atoms with Crippen LogP contribution in [0.15, 0.2) is 0 Å². The van der Waals surface area contributed by atoms with Gasteiger partial charge >= 0.3 is 0 Å². The lowest BCUT2D eigenvalue weighted by Gasteiger charge is -2.37. The van der Waals surface area contributed by atoms with Gasteiger partial charge in [-0.05, 0) is 44.1 Å². The molecule has 2 fully saturated rings. The molecular formula is C12H18N4O3S2. The summed E-state index contributed by atoms with van der Waals surface area (Å²) < 4.78 is 29.1. The molecule has 9 heteroatoms. The van der Waals surface area contributed by atoms with Gasteiger partial charge in [-0.3, -0.25) is 4.79 Å². The van der Waals surface area contributed by atoms with E-state index < -0.39 is 10.0 Å². The van der Waals surface area contributed by atoms with Crippen LogP contribution >= 0.6 is 11.5 Å². The minimum absolute atomic E-state index is 0.0183. The predicted octanol–water partition coefficient (Wildman–Crippen LogP) is 0.531. The second kappa shape index (κ2) is 5.29. The highest BCUT2D eigenvalue weighted by atomic mass is 32.2. The van der Waals surface area contributed by atoms with Gasteiger partial charge in [-0.15, -0.1) is 5.10 Å². The summed E-state index contributed by atoms with van der Waals surface area (Å²) in [5.74, 6) is -0.153. The van der Waals surface area contributed by atoms with Crippen LogP contribution in [0.1, 0.15) is 41.0 Å². The molecule has 1 N–H and O–H groups in total. The standard InChI is InChI=1S/C12H18N4O3S2/c1-7-11(20-15-14-7)12(17)13-8-5-9-3-4-10(6-8)16(9)21(2,18)19/h8-10H,3-6H2,1-2H3,(H,13,17). The fourth-order valence-electron chi connectivity index (χ4n) is 3.48. The number of aryl methyl sites for hydroxylation is 1. The third kappa shape index (κ3) is 2.82. The lowest BCUT2D eigenvalue weighted by Crippen LogP contribution is -2.52. The third-order valence-corrected chi connectivity index (χ3v) is 6.43. The maximum Gasteiger partial charge on any atom is 0.265 e. The second-order valence-corrected chi connectivity index (χ2v) is 8.45. The Labute approximate surface area is 127 Å². The fourth-order valence-corrected chi connectivity index (χ4v) is 5.51. The van der Waals surface area contributed by atoms with Crippen LogP contribution in [0.4, 0.5) is 0 Å². The lowest BCUT2D eigenvalue weighted by atomic mass is 9.99. The molecule has 116 valence electrons. The Morgan fingerprint density at radius 3 is 2.43 bits per heavy atom. The maximum absolute atomic E-state index is 12.2. The topological polar surface area (TPSA) is 92.3 Å². The molecule has 2 saturated heterocycles. The molecule has 7 nitrogen and oxygen atoms in total. The molecule has 0 aromatic carbocycles. The van der Waals surface area contributed by atoms with Gasteiger partial charge < -0.3 is 5.32 Å². The molecule has 2 bridgehead atoms. The van der Waals surface area contributed by atoms with Gasteiger partial charge in [0, 0.05) is 18.1 Å². The van der Waals surface area contributed by atoms with E-state index in [-0.39, 0.29) is 24.0 Å². The van der Waals surface area contributed by atoms with E-state index in [1.165, 1.54) is 6.26 Å². The first-order valence-electron chi connectivity index (χ1n) is 6.94. The average molecular weight is 330 g/mol. The van der Waals surface area contributed by atoms with Crippen LogP contribution in [0.3, 0.4) is 0 Å². The molecule has 2 aliphatic rings. The number of nitrogens with one attached hydrogen (secondary N) is 1. The Bertz CT molecular complexity index is 643. The van der Waals surface area contributed by atoms with E-state index in [0.29, 0.717) is 23.4 Å². The normalized spacial score (nSPS) is 29.5. The fraction of sp³-hybridized carbons (Fsp3) is 0.750. The zero-order valence-corrected chi connectivity index (χ0v) is 13.6. The molecule has 2 unspecified atom stereocenters. The maximum atomic E-state index is 12.2. The van der Waals surface area contributed by atoms with Gasteiger partial charge in [0.25, 0.3) is 5.91 Å². The molecule has 2 atom stereocenters. The molecule has 0 spiro atoms. The highest BCUT2D eigenvalue weighted by molar-refractivity contribution is 7.88. The molecule has 1 aromatic heterocycles. The highest BCUT2D eigenvalue weighted by Crippen LogP contribution is 2.37. The first kappa shape index (κ1) is 14.9. The summed E-state index contributed by atoms with van der Waals surface area (Å²) in [6.07, 6.45) is 4.39. The number of hydrogen-bond acceptors (Lipinski definition) is 6. The van der Waals surface area contributed by atoms with Crippen molar-refractivity contribution in [2.45, 2.75) is 50.7 Å². The third-order valence-electron chi connectivity index (χ3n) is 4.24. The molecule has 0 saturated carbocycles. The minimum Gasteiger partial charge on any atom is -0.348 e. The summed E-state index contributed by atoms with van der Waals surface area (Å²) in [6.45, 7) is 1.76. The van der Waals surface area contributed by atoms with Gasteiger partial charge in [-0.1, -0.05) is 4.49 Å². The highest BCUT2D eigenvalue weighted by Gasteiger charge is 2.45. The number of aromatic nitrogens is 2. The Morgan fingerprint density at radius 1 is 1.33 bits per heavy atom. The summed E-state index contributed by atoms with van der Waals surface area (Å²) in [5.41, 5.74) is 0.633. The Hall–Kier alpha value is -1.06. The molecular weight excluding hydrogens is 312 g/mol. The van der Waals surface area contributed by atoms with Crippen LogP contribution in [-0.2, 0) is 10.0 Å². The summed E-state index contributed by atoms with van der Waals surface area (Å²) in [6, 6.07) is 0.0592. The van der Waals surface area contributed by atoms with Crippen molar-refractivity contribution in [2.24, 2.45) is 0 Å². The average Bonchev–Trinajstić information content (AvgIpc) is 2.91. The largest absolute Gasteiger partial charge is 0.348 e. The summed E-state index contributed by atoms with van der Waals surface area (Å²) in [5, 5.41) is 6.84. The van der Waals surface area contributed by atoms with Crippen LogP contribution in [0.5, 0.6) is 0 Å². The molecule has 0 radical (unpaired) electrons. The van der Waals surface area contributed by atoms with Gasteiger partial charge in [-0.25, -0.2) is 8.42 Å². The number of carbonyl (C=O) groups excluding carboxylic acids is 1. The molecule has 0 aliphatic carbocycles. The SMILES string of the molecule is Cc1nnsc1C(=O)NC1CC2CCC(C1)N2S(C)(=O)=O. The number of hydrogen-bond donors (Lipinski definition) is 1. The van der Waals surface area contributed by atoms with Gasteiger partial charge in [0.15, 0.2) is 0 Å². The van der Waals surface area contributed by atoms with Crippen molar-refractivity contribution in [3.05, 3.63) is 10.6 Å². The van der Waals surface area contributed by atoms with E-state index in [2.05, 4.69) is 14.9 Å². The van der Waals surface area contributed by atoms with Gasteiger partial charge in [0.2, 0.25) is 10.0 Å². The number of rotatable bonds is 3. The Kier molecular flexibility index (Phi) is 3.74. The van der Waals surface area contributed by atoms with Crippen molar-refractivity contribution < 1.29 is 13.2 Å². The van der Waals surface area contributed by atoms with Crippen LogP contribution in [0.25, 0.3) is 0 Å². The molecule has 1 amide bonds. The molecule has 1 aromatic rings. The van der Waals surface area contributed by atoms with Crippen LogP contribution in [0.2, 0.25) is 0 Å². The zero-order valence-electron chi connectivity index (χ0n) is 11.9. The number of nitrogens with zero attached hydrogens (tertiary/aromatic N) is 3. The monoisotopic (exact) mass is 330 g/mol. The number of piperidine rings is 1. The number of carbonyl (C=O) groups is 1. The Morgan fingerprint density at radius 2 is 1.95 bits per heavy atom. The molecule has 3 heterocycles. The van der Waals surface area contributed by atoms with E-state index in [9.17, 15) is 13.2 Å². The van der Waals surface area contributed by atoms with Gasteiger partial charge in [-0.2, -0.15) is 4.31 Å². The Balaban J connectivity index is 1.69. The van der Waals surface area contributed by atoms with Crippen molar-refractivity contribution in [1.82, 2.24) is 19.2 Å². The van der Waals surface area contributed by atoms with Gasteiger partial charge in [0.1, 0.15) is 4.88 Å². The predicted molar refractivity (Wildman–Crippen MR) is 78.6 cm³/mol. The van der Waals surface area contributed by atoms with E-state index in [1.54, 1.807) is 11.2 Å². The molecule has 3 rings (SSSR count). The first-order chi connectivity index (χ1) is 9.86. The van der Waals surface area contributed by atoms with Crippen LogP contribution < -0.4 is 5.32 Å². The quantitative estimate of drug-likeness (QED) is 0.873. The van der Waals surface area contributed by atoms with E-state index in [1.807, 2.05) is 0 Å². The van der Waals surface area contributed by atoms with Crippen LogP contribution in [0, 0.1) is 6.92 Å². The first-order valence-corrected chi connectivity index (χ1v) is 9.56.